The van der Waals surface area contributed by atoms with E-state index >= 15 is 0 Å². The summed E-state index contributed by atoms with van der Waals surface area (Å²) in [6, 6.07) is 4.32. The highest BCUT2D eigenvalue weighted by molar-refractivity contribution is 5.79. The predicted molar refractivity (Wildman–Crippen MR) is 65.8 cm³/mol. The van der Waals surface area contributed by atoms with Crippen molar-refractivity contribution < 1.29 is 4.74 Å². The predicted octanol–water partition coefficient (Wildman–Crippen LogP) is 2.76. The number of fused-ring (bicyclic) bond motifs is 1. The van der Waals surface area contributed by atoms with Crippen LogP contribution in [0.1, 0.15) is 23.4 Å². The molecule has 86 valence electrons. The lowest BCUT2D eigenvalue weighted by molar-refractivity contribution is 0.194. The lowest BCUT2D eigenvalue weighted by Gasteiger charge is -1.96. The molecule has 0 saturated carbocycles. The van der Waals surface area contributed by atoms with Gasteiger partial charge < -0.3 is 9.72 Å². The van der Waals surface area contributed by atoms with Gasteiger partial charge in [-0.05, 0) is 37.5 Å². The fourth-order valence-electron chi connectivity index (χ4n) is 2.02. The van der Waals surface area contributed by atoms with Crippen molar-refractivity contribution in [1.29, 1.82) is 0 Å². The second kappa shape index (κ2) is 4.66. The molecule has 0 aliphatic heterocycles. The second-order valence-electron chi connectivity index (χ2n) is 4.26. The van der Waals surface area contributed by atoms with E-state index < -0.39 is 0 Å². The second-order valence-corrected chi connectivity index (χ2v) is 4.26. The number of hydrogen-bond acceptors (Lipinski definition) is 2. The lowest BCUT2D eigenvalue weighted by atomic mass is 10.1. The molecule has 2 aromatic rings. The molecule has 3 nitrogen and oxygen atoms in total. The normalized spacial score (nSPS) is 11.2. The zero-order valence-electron chi connectivity index (χ0n) is 10.1. The molecule has 0 fully saturated rings. The van der Waals surface area contributed by atoms with Crippen LogP contribution in [0.15, 0.2) is 12.1 Å². The van der Waals surface area contributed by atoms with Crippen LogP contribution in [0, 0.1) is 13.8 Å². The van der Waals surface area contributed by atoms with Crippen molar-refractivity contribution in [1.82, 2.24) is 9.97 Å². The number of benzene rings is 1. The van der Waals surface area contributed by atoms with E-state index in [0.29, 0.717) is 0 Å². The van der Waals surface area contributed by atoms with Gasteiger partial charge in [0.15, 0.2) is 0 Å². The van der Waals surface area contributed by atoms with Crippen molar-refractivity contribution in [2.75, 3.05) is 13.7 Å². The molecule has 0 atom stereocenters. The van der Waals surface area contributed by atoms with E-state index in [9.17, 15) is 0 Å². The summed E-state index contributed by atoms with van der Waals surface area (Å²) in [5.41, 5.74) is 4.75. The smallest absolute Gasteiger partial charge is 0.107 e. The molecule has 1 aromatic carbocycles. The van der Waals surface area contributed by atoms with E-state index in [2.05, 4.69) is 35.9 Å². The van der Waals surface area contributed by atoms with Crippen molar-refractivity contribution in [2.24, 2.45) is 0 Å². The molecule has 1 heterocycles. The standard InChI is InChI=1S/C13H18N2O/c1-9-7-10(2)13-11(8-9)14-12(15-13)5-4-6-16-3/h7-8H,4-6H2,1-3H3,(H,14,15). The van der Waals surface area contributed by atoms with Crippen molar-refractivity contribution in [3.05, 3.63) is 29.1 Å². The number of imidazole rings is 1. The number of nitrogens with zero attached hydrogens (tertiary/aromatic N) is 1. The first-order chi connectivity index (χ1) is 7.70. The van der Waals surface area contributed by atoms with Gasteiger partial charge in [-0.2, -0.15) is 0 Å². The molecule has 2 rings (SSSR count). The van der Waals surface area contributed by atoms with Gasteiger partial charge >= 0.3 is 0 Å². The van der Waals surface area contributed by atoms with Crippen LogP contribution < -0.4 is 0 Å². The average Bonchev–Trinajstić information content (AvgIpc) is 2.61. The van der Waals surface area contributed by atoms with Crippen molar-refractivity contribution in [2.45, 2.75) is 26.7 Å². The topological polar surface area (TPSA) is 37.9 Å². The van der Waals surface area contributed by atoms with Gasteiger partial charge in [0.25, 0.3) is 0 Å². The number of methoxy groups -OCH3 is 1. The lowest BCUT2D eigenvalue weighted by Crippen LogP contribution is -1.93. The van der Waals surface area contributed by atoms with Gasteiger partial charge in [0.2, 0.25) is 0 Å². The number of aryl methyl sites for hydroxylation is 3. The summed E-state index contributed by atoms with van der Waals surface area (Å²) in [5.74, 6) is 1.06. The van der Waals surface area contributed by atoms with Gasteiger partial charge in [-0.25, -0.2) is 4.98 Å². The summed E-state index contributed by atoms with van der Waals surface area (Å²) >= 11 is 0. The fraction of sp³-hybridized carbons (Fsp3) is 0.462. The largest absolute Gasteiger partial charge is 0.385 e. The SMILES string of the molecule is COCCCc1nc2c(C)cc(C)cc2[nH]1. The van der Waals surface area contributed by atoms with Gasteiger partial charge in [-0.1, -0.05) is 6.07 Å². The van der Waals surface area contributed by atoms with E-state index in [4.69, 9.17) is 4.74 Å². The molecule has 0 bridgehead atoms. The number of ether oxygens (including phenoxy) is 1. The van der Waals surface area contributed by atoms with Crippen LogP contribution in [0.2, 0.25) is 0 Å². The van der Waals surface area contributed by atoms with E-state index in [-0.39, 0.29) is 0 Å². The number of aromatic amines is 1. The molecular weight excluding hydrogens is 200 g/mol. The van der Waals surface area contributed by atoms with E-state index in [1.54, 1.807) is 7.11 Å². The van der Waals surface area contributed by atoms with Crippen molar-refractivity contribution in [3.63, 3.8) is 0 Å². The van der Waals surface area contributed by atoms with Crippen LogP contribution in [-0.4, -0.2) is 23.7 Å². The number of aromatic nitrogens is 2. The Hall–Kier alpha value is -1.35. The maximum absolute atomic E-state index is 5.04. The van der Waals surface area contributed by atoms with E-state index in [0.717, 1.165) is 36.3 Å². The summed E-state index contributed by atoms with van der Waals surface area (Å²) in [4.78, 5) is 7.98. The minimum atomic E-state index is 0.787. The minimum absolute atomic E-state index is 0.787. The Morgan fingerprint density at radius 3 is 2.88 bits per heavy atom. The molecule has 1 aromatic heterocycles. The highest BCUT2D eigenvalue weighted by Gasteiger charge is 2.05. The van der Waals surface area contributed by atoms with Crippen molar-refractivity contribution in [3.8, 4) is 0 Å². The first-order valence-electron chi connectivity index (χ1n) is 5.65. The molecule has 16 heavy (non-hydrogen) atoms. The Balaban J connectivity index is 2.26. The number of hydrogen-bond donors (Lipinski definition) is 1. The van der Waals surface area contributed by atoms with Gasteiger partial charge in [0.05, 0.1) is 11.0 Å². The van der Waals surface area contributed by atoms with Gasteiger partial charge in [-0.3, -0.25) is 0 Å². The number of nitrogens with one attached hydrogen (secondary N) is 1. The molecular formula is C13H18N2O. The molecule has 1 N–H and O–H groups in total. The molecule has 0 saturated heterocycles. The van der Waals surface area contributed by atoms with Crippen molar-refractivity contribution >= 4 is 11.0 Å². The Bertz CT molecular complexity index is 488. The van der Waals surface area contributed by atoms with Crippen LogP contribution >= 0.6 is 0 Å². The van der Waals surface area contributed by atoms with E-state index in [1.165, 1.54) is 11.1 Å². The Morgan fingerprint density at radius 1 is 1.31 bits per heavy atom. The molecule has 0 radical (unpaired) electrons. The Kier molecular flexibility index (Phi) is 3.25. The maximum atomic E-state index is 5.04. The molecule has 0 aliphatic carbocycles. The summed E-state index contributed by atoms with van der Waals surface area (Å²) < 4.78 is 5.04. The number of H-pyrrole nitrogens is 1. The summed E-state index contributed by atoms with van der Waals surface area (Å²) in [6.45, 7) is 5.00. The van der Waals surface area contributed by atoms with Crippen LogP contribution in [0.4, 0.5) is 0 Å². The first-order valence-corrected chi connectivity index (χ1v) is 5.65. The molecule has 0 spiro atoms. The maximum Gasteiger partial charge on any atom is 0.107 e. The third-order valence-electron chi connectivity index (χ3n) is 2.73. The molecule has 0 amide bonds. The minimum Gasteiger partial charge on any atom is -0.385 e. The monoisotopic (exact) mass is 218 g/mol. The molecule has 0 aliphatic rings. The van der Waals surface area contributed by atoms with Gasteiger partial charge in [0, 0.05) is 20.1 Å². The van der Waals surface area contributed by atoms with Crippen LogP contribution in [-0.2, 0) is 11.2 Å². The quantitative estimate of drug-likeness (QED) is 0.801. The van der Waals surface area contributed by atoms with E-state index in [1.807, 2.05) is 0 Å². The Labute approximate surface area is 95.8 Å². The van der Waals surface area contributed by atoms with Crippen LogP contribution in [0.25, 0.3) is 11.0 Å². The van der Waals surface area contributed by atoms with Crippen LogP contribution in [0.3, 0.4) is 0 Å². The Morgan fingerprint density at radius 2 is 2.12 bits per heavy atom. The number of rotatable bonds is 4. The fourth-order valence-corrected chi connectivity index (χ4v) is 2.02. The zero-order valence-corrected chi connectivity index (χ0v) is 10.1. The zero-order chi connectivity index (χ0) is 11.5. The summed E-state index contributed by atoms with van der Waals surface area (Å²) in [7, 11) is 1.73. The van der Waals surface area contributed by atoms with Gasteiger partial charge in [0.1, 0.15) is 5.82 Å². The summed E-state index contributed by atoms with van der Waals surface area (Å²) in [5, 5.41) is 0. The molecule has 3 heteroatoms. The van der Waals surface area contributed by atoms with Crippen LogP contribution in [0.5, 0.6) is 0 Å². The third-order valence-corrected chi connectivity index (χ3v) is 2.73. The summed E-state index contributed by atoms with van der Waals surface area (Å²) in [6.07, 6.45) is 1.95. The first kappa shape index (κ1) is 11.1. The highest BCUT2D eigenvalue weighted by atomic mass is 16.5. The highest BCUT2D eigenvalue weighted by Crippen LogP contribution is 2.18. The molecule has 0 unspecified atom stereocenters. The third kappa shape index (κ3) is 2.25. The van der Waals surface area contributed by atoms with Gasteiger partial charge in [-0.15, -0.1) is 0 Å². The average molecular weight is 218 g/mol.